The lowest BCUT2D eigenvalue weighted by molar-refractivity contribution is -0.213. The summed E-state index contributed by atoms with van der Waals surface area (Å²) in [6.45, 7) is 44.9. The fourth-order valence-electron chi connectivity index (χ4n) is 17.7. The third-order valence-electron chi connectivity index (χ3n) is 24.6. The highest BCUT2D eigenvalue weighted by Crippen LogP contribution is 2.44. The van der Waals surface area contributed by atoms with Crippen LogP contribution in [0.4, 0.5) is 0 Å². The van der Waals surface area contributed by atoms with Gasteiger partial charge in [0.2, 0.25) is 6.29 Å². The smallest absolute Gasteiger partial charge is 0.335 e. The molecule has 40 heteroatoms. The van der Waals surface area contributed by atoms with Gasteiger partial charge in [0.05, 0.1) is 88.5 Å². The number of aliphatic hydroxyl groups is 4. The van der Waals surface area contributed by atoms with Crippen LogP contribution >= 0.6 is 0 Å². The maximum absolute atomic E-state index is 13.3. The van der Waals surface area contributed by atoms with Crippen molar-refractivity contribution in [3.8, 4) is 0 Å². The van der Waals surface area contributed by atoms with Gasteiger partial charge in [0.1, 0.15) is 44.0 Å². The molecule has 0 bridgehead atoms. The van der Waals surface area contributed by atoms with Crippen LogP contribution < -0.4 is 45.0 Å². The normalized spacial score (nSPS) is 29.0. The van der Waals surface area contributed by atoms with Gasteiger partial charge in [-0.3, -0.25) is 61.8 Å². The highest BCUT2D eigenvalue weighted by molar-refractivity contribution is 5.67. The number of carbonyl (C=O) groups is 3. The quantitative estimate of drug-likeness (QED) is 0.0163. The van der Waals surface area contributed by atoms with Crippen LogP contribution in [0.3, 0.4) is 0 Å². The van der Waals surface area contributed by atoms with E-state index in [4.69, 9.17) is 80.5 Å². The van der Waals surface area contributed by atoms with Crippen molar-refractivity contribution in [2.24, 2.45) is 53.3 Å². The van der Waals surface area contributed by atoms with Crippen molar-refractivity contribution in [3.05, 3.63) is 202 Å². The molecule has 6 aromatic rings. The van der Waals surface area contributed by atoms with Crippen molar-refractivity contribution in [2.45, 2.75) is 328 Å². The van der Waals surface area contributed by atoms with E-state index >= 15 is 0 Å². The minimum Gasteiger partial charge on any atom is -0.457 e. The number of aromatic nitrogens is 8. The lowest BCUT2D eigenvalue weighted by atomic mass is 9.92. The number of fused-ring (bicyclic) bond motifs is 1. The van der Waals surface area contributed by atoms with Crippen LogP contribution in [0.1, 0.15) is 197 Å². The first-order chi connectivity index (χ1) is 64.0. The first-order valence-corrected chi connectivity index (χ1v) is 46.2. The second-order valence-electron chi connectivity index (χ2n) is 37.5. The second-order valence-corrected chi connectivity index (χ2v) is 37.5. The summed E-state index contributed by atoms with van der Waals surface area (Å²) in [7, 11) is 3.13. The SMILES string of the molecule is CC(=O)OC1O[C@H](C(C)C)[C@@H](C)[C@H]1OC(C)=O.CC(=O)O[C@@H]1[C@H](C)[C@@H](C(C)C)O[C@H]1n1cc(C)c(=O)[nH]c1=O.CC(C)[C@H]1O[C@@H]2OC(C)(C)O[C@@H]2[C@@H]1C.COCCO[C@@H]1[C@H](C)[C@@H]([C@@H](C)O)O[C@H]1n1cc(C)c(=O)n(COCc2ccccc2)c1=O.COCCO[C@@H]1[C@H](O)[C@@H](C(C)C)O[C@H]1n1cc(C)c(=O)[nH]c1=O.Cc1cn([C@@H]2O[C@H]([C@@H](C)O)[C@@H](C)[C@H]2O)c(=O)n(COCc2ccccc2)c1=O. The van der Waals surface area contributed by atoms with Crippen molar-refractivity contribution < 1.29 is 115 Å². The zero-order valence-corrected chi connectivity index (χ0v) is 83.0. The number of carbonyl (C=O) groups excluding carboxylic acids is 3. The first kappa shape index (κ1) is 112. The van der Waals surface area contributed by atoms with E-state index in [1.165, 1.54) is 63.8 Å². The summed E-state index contributed by atoms with van der Waals surface area (Å²) in [6, 6.07) is 18.9. The zero-order valence-electron chi connectivity index (χ0n) is 83.0. The molecule has 7 fully saturated rings. The third-order valence-corrected chi connectivity index (χ3v) is 24.6. The van der Waals surface area contributed by atoms with Crippen LogP contribution in [0, 0.1) is 81.0 Å². The number of rotatable bonds is 29. The van der Waals surface area contributed by atoms with Gasteiger partial charge in [-0.25, -0.2) is 28.3 Å². The number of methoxy groups -OCH3 is 2. The summed E-state index contributed by atoms with van der Waals surface area (Å²) in [6.07, 6.45) is -5.75. The molecule has 1 unspecified atom stereocenters. The van der Waals surface area contributed by atoms with Gasteiger partial charge in [-0.2, -0.15) is 0 Å². The van der Waals surface area contributed by atoms with E-state index in [0.29, 0.717) is 53.9 Å². The predicted molar refractivity (Wildman–Crippen MR) is 494 cm³/mol. The van der Waals surface area contributed by atoms with Crippen molar-refractivity contribution in [1.82, 2.24) is 37.4 Å². The number of hydrogen-bond acceptors (Lipinski definition) is 32. The molecule has 0 amide bonds. The van der Waals surface area contributed by atoms with E-state index in [-0.39, 0.29) is 105 Å². The Hall–Kier alpha value is -9.15. The number of hydrogen-bond donors (Lipinski definition) is 6. The lowest BCUT2D eigenvalue weighted by Gasteiger charge is -2.25. The second kappa shape index (κ2) is 50.6. The van der Waals surface area contributed by atoms with Gasteiger partial charge in [-0.15, -0.1) is 0 Å². The average molecular weight is 1920 g/mol. The average Bonchev–Trinajstić information content (AvgIpc) is 1.61. The molecule has 6 N–H and O–H groups in total. The Morgan fingerprint density at radius 3 is 1.21 bits per heavy atom. The lowest BCUT2D eigenvalue weighted by Crippen LogP contribution is -2.44. The summed E-state index contributed by atoms with van der Waals surface area (Å²) in [5, 5.41) is 41.0. The van der Waals surface area contributed by atoms with E-state index in [9.17, 15) is 73.2 Å². The largest absolute Gasteiger partial charge is 0.457 e. The molecule has 2 aromatic carbocycles. The minimum atomic E-state index is -0.993. The predicted octanol–water partition coefficient (Wildman–Crippen LogP) is 6.62. The summed E-state index contributed by atoms with van der Waals surface area (Å²) < 4.78 is 102. The van der Waals surface area contributed by atoms with Gasteiger partial charge in [-0.05, 0) is 90.2 Å². The molecule has 0 radical (unpaired) electrons. The molecule has 13 rings (SSSR count). The highest BCUT2D eigenvalue weighted by Gasteiger charge is 2.55. The molecule has 0 aliphatic carbocycles. The molecule has 7 aliphatic rings. The monoisotopic (exact) mass is 1920 g/mol. The van der Waals surface area contributed by atoms with E-state index in [1.54, 1.807) is 62.7 Å². The Morgan fingerprint density at radius 2 is 0.787 bits per heavy atom. The van der Waals surface area contributed by atoms with Crippen LogP contribution in [0.15, 0.2) is 124 Å². The molecular weight excluding hydrogens is 1780 g/mol. The fourth-order valence-corrected chi connectivity index (χ4v) is 17.7. The minimum absolute atomic E-state index is 0.00301. The van der Waals surface area contributed by atoms with Crippen molar-refractivity contribution in [1.29, 1.82) is 0 Å². The van der Waals surface area contributed by atoms with E-state index in [0.717, 1.165) is 20.3 Å². The van der Waals surface area contributed by atoms with Crippen LogP contribution in [0.5, 0.6) is 0 Å². The Morgan fingerprint density at radius 1 is 0.419 bits per heavy atom. The molecule has 7 saturated heterocycles. The van der Waals surface area contributed by atoms with Crippen LogP contribution in [0.25, 0.3) is 0 Å². The molecule has 4 aromatic heterocycles. The van der Waals surface area contributed by atoms with Crippen molar-refractivity contribution >= 4 is 17.9 Å². The highest BCUT2D eigenvalue weighted by atomic mass is 16.8. The maximum atomic E-state index is 13.3. The number of H-pyrrole nitrogens is 2. The summed E-state index contributed by atoms with van der Waals surface area (Å²) >= 11 is 0. The molecule has 0 saturated carbocycles. The Labute approximate surface area is 790 Å². The van der Waals surface area contributed by atoms with Gasteiger partial charge in [0.25, 0.3) is 22.2 Å². The fraction of sp³-hybridized carbons (Fsp3) is 0.677. The summed E-state index contributed by atoms with van der Waals surface area (Å²) in [5.41, 5.74) is -0.779. The van der Waals surface area contributed by atoms with Gasteiger partial charge in [0, 0.05) is 112 Å². The molecule has 0 spiro atoms. The third kappa shape index (κ3) is 28.6. The Bertz CT molecular complexity index is 5350. The number of benzene rings is 2. The molecule has 26 atom stereocenters. The van der Waals surface area contributed by atoms with Gasteiger partial charge < -0.3 is 101 Å². The number of ether oxygens (including phenoxy) is 17. The molecule has 136 heavy (non-hydrogen) atoms. The van der Waals surface area contributed by atoms with Crippen LogP contribution in [-0.2, 0) is 122 Å². The first-order valence-electron chi connectivity index (χ1n) is 46.2. The molecule has 40 nitrogen and oxygen atoms in total. The van der Waals surface area contributed by atoms with Gasteiger partial charge in [0.15, 0.2) is 49.2 Å². The maximum Gasteiger partial charge on any atom is 0.335 e. The zero-order chi connectivity index (χ0) is 101. The van der Waals surface area contributed by atoms with Crippen LogP contribution in [0.2, 0.25) is 0 Å². The topological polar surface area (TPSA) is 487 Å². The van der Waals surface area contributed by atoms with Gasteiger partial charge in [-0.1, -0.05) is 151 Å². The number of aromatic amines is 2. The molecule has 7 aliphatic heterocycles. The molecule has 760 valence electrons. The van der Waals surface area contributed by atoms with E-state index in [2.05, 4.69) is 30.7 Å². The standard InChI is InChI=1S/C23H32N2O7.C20H26N2O6.C15H24N2O6.C15H22N2O5.C12H20O5.C11H20O3/c1-15-12-24(22-20(31-11-10-29-4)16(2)19(32-22)17(3)26)23(28)25(21(15)27)14-30-13-18-8-6-5-7-9-18;1-12-9-21(19-16(24)13(2)17(28-19)14(3)23)20(26)22(18(12)25)11-27-10-15-7-5-4-6-8-15;1-8(2)11-10(18)12(22-6-5-21-4)14(23-11)17-7-9(3)13(19)16-15(17)20;1-7(2)11-9(4)12(21-10(5)18)14(22-11)17-6-8(3)13(19)16-15(17)20;1-6(2)10-7(3)11(15-8(4)13)12(17-10)16-9(5)14;1-6(2)8-7(3)9-10(12-8)14-11(4,5)13-9/h5-9,12,16-17,19-20,22,26H,10-11,13-14H2,1-4H3;4-9,13-14,16-17,19,23-24H,10-11H2,1-3H3;7-8,10-12,14,18H,5-6H2,1-4H3,(H,16,19,20);6-7,9,11-12,14H,1-5H3,(H,16,19,20);6-7,10-12H,1-5H3;6-10H,1-5H3/t16-,17-,19+,20-,22-;13-,14+,16+,17-,19+;10-,11-,12-,14-;9-,11-,12-,14-;7-,10-,11-,12?;7-,8-,9-,10-/m101111/s1. The van der Waals surface area contributed by atoms with Crippen molar-refractivity contribution in [3.63, 3.8) is 0 Å². The van der Waals surface area contributed by atoms with E-state index in [1.807, 2.05) is 137 Å². The number of aliphatic hydroxyl groups excluding tert-OH is 4. The number of aryl methyl sites for hydroxylation is 4. The Balaban J connectivity index is 0.000000204. The molecular formula is C96H144N8O32. The van der Waals surface area contributed by atoms with Crippen molar-refractivity contribution in [2.75, 3.05) is 40.6 Å². The van der Waals surface area contributed by atoms with Crippen LogP contribution in [-0.4, -0.2) is 226 Å². The summed E-state index contributed by atoms with van der Waals surface area (Å²) in [4.78, 5) is 136. The number of esters is 3. The van der Waals surface area contributed by atoms with E-state index < -0.39 is 167 Å². The summed E-state index contributed by atoms with van der Waals surface area (Å²) in [5.74, 6) is -0.898. The number of nitrogens with one attached hydrogen (secondary N) is 2. The van der Waals surface area contributed by atoms with Gasteiger partial charge >= 0.3 is 40.7 Å². The Kier molecular flexibility index (Phi) is 41.7. The number of nitrogens with zero attached hydrogens (tertiary/aromatic N) is 6. The molecule has 11 heterocycles.